The van der Waals surface area contributed by atoms with Crippen LogP contribution in [0, 0.1) is 5.82 Å². The topological polar surface area (TPSA) is 83.8 Å². The number of carboxylic acid groups (broad SMARTS) is 2. The second-order valence-electron chi connectivity index (χ2n) is 3.00. The number of carbonyl (C=O) groups is 2. The molecule has 0 fully saturated rings. The van der Waals surface area contributed by atoms with Gasteiger partial charge in [0.05, 0.1) is 6.42 Å². The molecule has 1 atom stereocenters. The molecule has 0 bridgehead atoms. The number of benzene rings is 1. The van der Waals surface area contributed by atoms with E-state index < -0.39 is 30.3 Å². The van der Waals surface area contributed by atoms with Crippen molar-refractivity contribution in [1.82, 2.24) is 0 Å². The van der Waals surface area contributed by atoms with Gasteiger partial charge in [0.15, 0.2) is 0 Å². The maximum absolute atomic E-state index is 12.5. The van der Waals surface area contributed by atoms with Crippen LogP contribution in [0.2, 0.25) is 0 Å². The fourth-order valence-corrected chi connectivity index (χ4v) is 1.02. The number of halogens is 1. The first-order chi connectivity index (χ1) is 7.49. The zero-order valence-corrected chi connectivity index (χ0v) is 8.09. The Labute approximate surface area is 90.1 Å². The van der Waals surface area contributed by atoms with Crippen LogP contribution < -0.4 is 4.74 Å². The van der Waals surface area contributed by atoms with E-state index >= 15 is 0 Å². The molecule has 0 saturated heterocycles. The summed E-state index contributed by atoms with van der Waals surface area (Å²) in [6.07, 6.45) is -2.14. The van der Waals surface area contributed by atoms with Crippen LogP contribution in [0.4, 0.5) is 4.39 Å². The molecule has 86 valence electrons. The van der Waals surface area contributed by atoms with Crippen LogP contribution >= 0.6 is 0 Å². The number of hydrogen-bond donors (Lipinski definition) is 2. The highest BCUT2D eigenvalue weighted by Crippen LogP contribution is 2.14. The molecule has 0 heterocycles. The van der Waals surface area contributed by atoms with Gasteiger partial charge in [0, 0.05) is 0 Å². The summed E-state index contributed by atoms with van der Waals surface area (Å²) >= 11 is 0. The summed E-state index contributed by atoms with van der Waals surface area (Å²) in [4.78, 5) is 21.0. The molecule has 0 radical (unpaired) electrons. The summed E-state index contributed by atoms with van der Waals surface area (Å²) in [6, 6.07) is 4.64. The van der Waals surface area contributed by atoms with Crippen LogP contribution in [-0.4, -0.2) is 28.3 Å². The second-order valence-corrected chi connectivity index (χ2v) is 3.00. The minimum atomic E-state index is -1.48. The zero-order chi connectivity index (χ0) is 12.1. The molecular weight excluding hydrogens is 219 g/mol. The van der Waals surface area contributed by atoms with Crippen molar-refractivity contribution in [2.45, 2.75) is 12.5 Å². The minimum Gasteiger partial charge on any atom is -0.481 e. The number of hydrogen-bond acceptors (Lipinski definition) is 3. The van der Waals surface area contributed by atoms with E-state index in [0.717, 1.165) is 12.1 Å². The lowest BCUT2D eigenvalue weighted by molar-refractivity contribution is -0.151. The van der Waals surface area contributed by atoms with Crippen molar-refractivity contribution < 1.29 is 28.9 Å². The summed E-state index contributed by atoms with van der Waals surface area (Å²) in [5, 5.41) is 17.1. The molecule has 0 unspecified atom stereocenters. The normalized spacial score (nSPS) is 11.8. The van der Waals surface area contributed by atoms with Crippen LogP contribution in [0.5, 0.6) is 5.75 Å². The van der Waals surface area contributed by atoms with E-state index in [2.05, 4.69) is 0 Å². The van der Waals surface area contributed by atoms with Crippen LogP contribution in [0.25, 0.3) is 0 Å². The third-order valence-corrected chi connectivity index (χ3v) is 1.73. The summed E-state index contributed by atoms with van der Waals surface area (Å²) in [5.41, 5.74) is 0. The van der Waals surface area contributed by atoms with Gasteiger partial charge < -0.3 is 14.9 Å². The Morgan fingerprint density at radius 3 is 2.25 bits per heavy atom. The van der Waals surface area contributed by atoms with Crippen LogP contribution in [0.1, 0.15) is 6.42 Å². The molecule has 0 aliphatic heterocycles. The Kier molecular flexibility index (Phi) is 3.82. The van der Waals surface area contributed by atoms with Crippen molar-refractivity contribution in [3.63, 3.8) is 0 Å². The van der Waals surface area contributed by atoms with Gasteiger partial charge >= 0.3 is 11.9 Å². The maximum atomic E-state index is 12.5. The highest BCUT2D eigenvalue weighted by atomic mass is 19.1. The maximum Gasteiger partial charge on any atom is 0.345 e. The molecule has 0 aliphatic carbocycles. The van der Waals surface area contributed by atoms with E-state index in [1.54, 1.807) is 0 Å². The van der Waals surface area contributed by atoms with Crippen molar-refractivity contribution >= 4 is 11.9 Å². The standard InChI is InChI=1S/C10H9FO5/c11-6-1-3-7(4-2-6)16-8(10(14)15)5-9(12)13/h1-4,8H,5H2,(H,12,13)(H,14,15)/t8-/m0/s1. The fraction of sp³-hybridized carbons (Fsp3) is 0.200. The number of rotatable bonds is 5. The van der Waals surface area contributed by atoms with Crippen molar-refractivity contribution in [2.75, 3.05) is 0 Å². The van der Waals surface area contributed by atoms with E-state index in [1.165, 1.54) is 12.1 Å². The highest BCUT2D eigenvalue weighted by Gasteiger charge is 2.22. The molecule has 6 heteroatoms. The Morgan fingerprint density at radius 2 is 1.81 bits per heavy atom. The van der Waals surface area contributed by atoms with Gasteiger partial charge in [-0.3, -0.25) is 4.79 Å². The molecule has 2 N–H and O–H groups in total. The lowest BCUT2D eigenvalue weighted by Gasteiger charge is -2.12. The second kappa shape index (κ2) is 5.11. The van der Waals surface area contributed by atoms with Crippen molar-refractivity contribution in [3.8, 4) is 5.75 Å². The predicted octanol–water partition coefficient (Wildman–Crippen LogP) is 1.13. The number of carboxylic acids is 2. The molecule has 0 spiro atoms. The molecule has 0 aliphatic rings. The summed E-state index contributed by atoms with van der Waals surface area (Å²) in [5.74, 6) is -3.05. The van der Waals surface area contributed by atoms with Crippen LogP contribution in [0.3, 0.4) is 0 Å². The predicted molar refractivity (Wildman–Crippen MR) is 50.7 cm³/mol. The molecule has 0 aromatic heterocycles. The summed E-state index contributed by atoms with van der Waals surface area (Å²) < 4.78 is 17.4. The van der Waals surface area contributed by atoms with Gasteiger partial charge in [-0.2, -0.15) is 0 Å². The van der Waals surface area contributed by atoms with Gasteiger partial charge in [0.1, 0.15) is 11.6 Å². The fourth-order valence-electron chi connectivity index (χ4n) is 1.02. The first kappa shape index (κ1) is 12.0. The van der Waals surface area contributed by atoms with E-state index in [9.17, 15) is 14.0 Å². The van der Waals surface area contributed by atoms with Crippen LogP contribution in [0.15, 0.2) is 24.3 Å². The molecule has 1 aromatic rings. The lowest BCUT2D eigenvalue weighted by atomic mass is 10.2. The van der Waals surface area contributed by atoms with Gasteiger partial charge in [0.25, 0.3) is 0 Å². The molecular formula is C10H9FO5. The Bertz CT molecular complexity index is 387. The molecule has 1 aromatic carbocycles. The summed E-state index contributed by atoms with van der Waals surface area (Å²) in [6.45, 7) is 0. The smallest absolute Gasteiger partial charge is 0.345 e. The van der Waals surface area contributed by atoms with E-state index in [4.69, 9.17) is 14.9 Å². The minimum absolute atomic E-state index is 0.107. The Morgan fingerprint density at radius 1 is 1.25 bits per heavy atom. The van der Waals surface area contributed by atoms with Gasteiger partial charge in [0.2, 0.25) is 6.10 Å². The zero-order valence-electron chi connectivity index (χ0n) is 8.09. The van der Waals surface area contributed by atoms with Crippen molar-refractivity contribution in [3.05, 3.63) is 30.1 Å². The average molecular weight is 228 g/mol. The molecule has 1 rings (SSSR count). The molecule has 16 heavy (non-hydrogen) atoms. The largest absolute Gasteiger partial charge is 0.481 e. The molecule has 5 nitrogen and oxygen atoms in total. The number of ether oxygens (including phenoxy) is 1. The first-order valence-corrected chi connectivity index (χ1v) is 4.36. The summed E-state index contributed by atoms with van der Waals surface area (Å²) in [7, 11) is 0. The van der Waals surface area contributed by atoms with Crippen molar-refractivity contribution in [1.29, 1.82) is 0 Å². The number of aliphatic carboxylic acids is 2. The van der Waals surface area contributed by atoms with Crippen LogP contribution in [-0.2, 0) is 9.59 Å². The van der Waals surface area contributed by atoms with Gasteiger partial charge in [-0.1, -0.05) is 0 Å². The SMILES string of the molecule is O=C(O)C[C@H](Oc1ccc(F)cc1)C(=O)O. The van der Waals surface area contributed by atoms with E-state index in [0.29, 0.717) is 0 Å². The van der Waals surface area contributed by atoms with Gasteiger partial charge in [-0.05, 0) is 24.3 Å². The lowest BCUT2D eigenvalue weighted by Crippen LogP contribution is -2.29. The van der Waals surface area contributed by atoms with Crippen molar-refractivity contribution in [2.24, 2.45) is 0 Å². The Hall–Kier alpha value is -2.11. The quantitative estimate of drug-likeness (QED) is 0.789. The van der Waals surface area contributed by atoms with Gasteiger partial charge in [-0.15, -0.1) is 0 Å². The third kappa shape index (κ3) is 3.56. The first-order valence-electron chi connectivity index (χ1n) is 4.36. The van der Waals surface area contributed by atoms with E-state index in [-0.39, 0.29) is 5.75 Å². The van der Waals surface area contributed by atoms with E-state index in [1.807, 2.05) is 0 Å². The average Bonchev–Trinajstić information content (AvgIpc) is 2.19. The third-order valence-electron chi connectivity index (χ3n) is 1.73. The molecule has 0 amide bonds. The Balaban J connectivity index is 2.71. The molecule has 0 saturated carbocycles. The monoisotopic (exact) mass is 228 g/mol. The highest BCUT2D eigenvalue weighted by molar-refractivity contribution is 5.79. The van der Waals surface area contributed by atoms with Gasteiger partial charge in [-0.25, -0.2) is 9.18 Å².